The molecule has 0 saturated carbocycles. The lowest BCUT2D eigenvalue weighted by Crippen LogP contribution is -2.24. The van der Waals surface area contributed by atoms with Crippen molar-refractivity contribution in [2.75, 3.05) is 0 Å². The zero-order chi connectivity index (χ0) is 23.4. The Morgan fingerprint density at radius 1 is 1.06 bits per heavy atom. The highest BCUT2D eigenvalue weighted by Gasteiger charge is 2.12. The first kappa shape index (κ1) is 22.5. The van der Waals surface area contributed by atoms with Crippen LogP contribution in [0.15, 0.2) is 66.7 Å². The van der Waals surface area contributed by atoms with Gasteiger partial charge in [0, 0.05) is 12.6 Å². The van der Waals surface area contributed by atoms with Crippen LogP contribution in [-0.2, 0) is 17.8 Å². The topological polar surface area (TPSA) is 88.5 Å². The summed E-state index contributed by atoms with van der Waals surface area (Å²) in [5, 5.41) is 12.6. The Morgan fingerprint density at radius 2 is 1.88 bits per heavy atom. The molecule has 33 heavy (non-hydrogen) atoms. The van der Waals surface area contributed by atoms with Crippen LogP contribution in [0.4, 0.5) is 0 Å². The Hall–Kier alpha value is -3.71. The molecule has 1 aromatic heterocycles. The van der Waals surface area contributed by atoms with E-state index in [4.69, 9.17) is 9.84 Å². The van der Waals surface area contributed by atoms with Gasteiger partial charge in [-0.2, -0.15) is 0 Å². The zero-order valence-electron chi connectivity index (χ0n) is 18.4. The second kappa shape index (κ2) is 9.83. The summed E-state index contributed by atoms with van der Waals surface area (Å²) in [6.45, 7) is 4.53. The standard InChI is InChI=1S/C26H24N2O4S/c1-16(2)20-8-3-4-9-22(20)32-19-10-11-21-23(13-19)33-25(28-21)14-24(29)27-15-17-6-5-7-18(12-17)26(30)31/h3-13,16H,14-15H2,1-2H3,(H,27,29)(H,30,31). The summed E-state index contributed by atoms with van der Waals surface area (Å²) in [6, 6.07) is 20.3. The molecule has 1 heterocycles. The number of ether oxygens (including phenoxy) is 1. The number of carboxylic acids is 1. The van der Waals surface area contributed by atoms with Crippen LogP contribution in [0, 0.1) is 0 Å². The molecule has 0 unspecified atom stereocenters. The first-order valence-electron chi connectivity index (χ1n) is 10.6. The van der Waals surface area contributed by atoms with Crippen molar-refractivity contribution in [3.63, 3.8) is 0 Å². The average Bonchev–Trinajstić information content (AvgIpc) is 3.19. The van der Waals surface area contributed by atoms with Gasteiger partial charge >= 0.3 is 5.97 Å². The number of aromatic nitrogens is 1. The molecule has 0 radical (unpaired) electrons. The molecule has 6 nitrogen and oxygen atoms in total. The molecule has 1 amide bonds. The molecular weight excluding hydrogens is 436 g/mol. The van der Waals surface area contributed by atoms with Crippen molar-refractivity contribution in [2.24, 2.45) is 0 Å². The second-order valence-corrected chi connectivity index (χ2v) is 9.11. The minimum absolute atomic E-state index is 0.157. The fraction of sp³-hybridized carbons (Fsp3) is 0.192. The molecule has 0 saturated heterocycles. The van der Waals surface area contributed by atoms with E-state index in [1.807, 2.05) is 36.4 Å². The number of rotatable bonds is 8. The molecule has 0 aliphatic carbocycles. The number of thiazole rings is 1. The van der Waals surface area contributed by atoms with Gasteiger partial charge in [0.1, 0.15) is 16.5 Å². The number of fused-ring (bicyclic) bond motifs is 1. The number of para-hydroxylation sites is 1. The molecule has 168 valence electrons. The number of hydrogen-bond donors (Lipinski definition) is 2. The van der Waals surface area contributed by atoms with E-state index in [2.05, 4.69) is 30.2 Å². The van der Waals surface area contributed by atoms with E-state index < -0.39 is 5.97 Å². The van der Waals surface area contributed by atoms with Crippen LogP contribution in [0.5, 0.6) is 11.5 Å². The van der Waals surface area contributed by atoms with Gasteiger partial charge in [-0.3, -0.25) is 4.79 Å². The Balaban J connectivity index is 1.42. The predicted octanol–water partition coefficient (Wildman–Crippen LogP) is 5.77. The van der Waals surface area contributed by atoms with Gasteiger partial charge in [-0.15, -0.1) is 11.3 Å². The lowest BCUT2D eigenvalue weighted by atomic mass is 10.0. The van der Waals surface area contributed by atoms with Crippen LogP contribution in [0.3, 0.4) is 0 Å². The Labute approximate surface area is 195 Å². The van der Waals surface area contributed by atoms with Crippen LogP contribution in [0.2, 0.25) is 0 Å². The van der Waals surface area contributed by atoms with E-state index in [0.717, 1.165) is 32.8 Å². The maximum Gasteiger partial charge on any atom is 0.335 e. The van der Waals surface area contributed by atoms with Crippen LogP contribution in [-0.4, -0.2) is 22.0 Å². The van der Waals surface area contributed by atoms with Gasteiger partial charge in [0.15, 0.2) is 0 Å². The largest absolute Gasteiger partial charge is 0.478 e. The van der Waals surface area contributed by atoms with Crippen LogP contribution < -0.4 is 10.1 Å². The van der Waals surface area contributed by atoms with Gasteiger partial charge < -0.3 is 15.2 Å². The molecular formula is C26H24N2O4S. The summed E-state index contributed by atoms with van der Waals surface area (Å²) >= 11 is 1.46. The smallest absolute Gasteiger partial charge is 0.335 e. The SMILES string of the molecule is CC(C)c1ccccc1Oc1ccc2nc(CC(=O)NCc3cccc(C(=O)O)c3)sc2c1. The summed E-state index contributed by atoms with van der Waals surface area (Å²) < 4.78 is 7.09. The van der Waals surface area contributed by atoms with E-state index in [1.165, 1.54) is 17.4 Å². The number of carbonyl (C=O) groups is 2. The first-order chi connectivity index (χ1) is 15.9. The van der Waals surface area contributed by atoms with E-state index in [1.54, 1.807) is 18.2 Å². The molecule has 0 fully saturated rings. The van der Waals surface area contributed by atoms with Crippen molar-refractivity contribution >= 4 is 33.4 Å². The first-order valence-corrected chi connectivity index (χ1v) is 11.5. The third-order valence-electron chi connectivity index (χ3n) is 5.15. The maximum absolute atomic E-state index is 12.4. The molecule has 4 rings (SSSR count). The maximum atomic E-state index is 12.4. The highest BCUT2D eigenvalue weighted by Crippen LogP contribution is 2.33. The molecule has 0 aliphatic rings. The third kappa shape index (κ3) is 5.56. The Bertz CT molecular complexity index is 1310. The van der Waals surface area contributed by atoms with Crippen molar-refractivity contribution in [3.8, 4) is 11.5 Å². The highest BCUT2D eigenvalue weighted by atomic mass is 32.1. The summed E-state index contributed by atoms with van der Waals surface area (Å²) in [5.74, 6) is 0.757. The molecule has 7 heteroatoms. The minimum atomic E-state index is -0.992. The van der Waals surface area contributed by atoms with Gasteiger partial charge in [-0.25, -0.2) is 9.78 Å². The number of nitrogens with one attached hydrogen (secondary N) is 1. The van der Waals surface area contributed by atoms with Gasteiger partial charge in [-0.1, -0.05) is 44.2 Å². The predicted molar refractivity (Wildman–Crippen MR) is 129 cm³/mol. The van der Waals surface area contributed by atoms with Gasteiger partial charge in [0.25, 0.3) is 0 Å². The van der Waals surface area contributed by atoms with Crippen molar-refractivity contribution in [1.29, 1.82) is 0 Å². The summed E-state index contributed by atoms with van der Waals surface area (Å²) in [4.78, 5) is 28.1. The molecule has 3 aromatic carbocycles. The summed E-state index contributed by atoms with van der Waals surface area (Å²) in [7, 11) is 0. The molecule has 0 atom stereocenters. The lowest BCUT2D eigenvalue weighted by molar-refractivity contribution is -0.120. The van der Waals surface area contributed by atoms with Crippen LogP contribution in [0.25, 0.3) is 10.2 Å². The van der Waals surface area contributed by atoms with Crippen molar-refractivity contribution < 1.29 is 19.4 Å². The quantitative estimate of drug-likeness (QED) is 0.348. The second-order valence-electron chi connectivity index (χ2n) is 7.99. The fourth-order valence-electron chi connectivity index (χ4n) is 3.48. The number of aromatic carboxylic acids is 1. The van der Waals surface area contributed by atoms with Crippen molar-refractivity contribution in [3.05, 3.63) is 88.4 Å². The molecule has 0 bridgehead atoms. The minimum Gasteiger partial charge on any atom is -0.478 e. The molecule has 4 aromatic rings. The summed E-state index contributed by atoms with van der Waals surface area (Å²) in [5.41, 5.74) is 2.90. The summed E-state index contributed by atoms with van der Waals surface area (Å²) in [6.07, 6.45) is 0.157. The number of carbonyl (C=O) groups excluding carboxylic acids is 1. The van der Waals surface area contributed by atoms with Gasteiger partial charge in [0.2, 0.25) is 5.91 Å². The van der Waals surface area contributed by atoms with Crippen LogP contribution >= 0.6 is 11.3 Å². The molecule has 0 aliphatic heterocycles. The number of carboxylic acid groups (broad SMARTS) is 1. The average molecular weight is 461 g/mol. The molecule has 0 spiro atoms. The van der Waals surface area contributed by atoms with Gasteiger partial charge in [0.05, 0.1) is 22.2 Å². The zero-order valence-corrected chi connectivity index (χ0v) is 19.2. The lowest BCUT2D eigenvalue weighted by Gasteiger charge is -2.13. The third-order valence-corrected chi connectivity index (χ3v) is 6.17. The molecule has 2 N–H and O–H groups in total. The van der Waals surface area contributed by atoms with E-state index >= 15 is 0 Å². The number of hydrogen-bond acceptors (Lipinski definition) is 5. The van der Waals surface area contributed by atoms with Crippen molar-refractivity contribution in [2.45, 2.75) is 32.7 Å². The van der Waals surface area contributed by atoms with E-state index in [-0.39, 0.29) is 24.4 Å². The van der Waals surface area contributed by atoms with Crippen LogP contribution in [0.1, 0.15) is 46.3 Å². The monoisotopic (exact) mass is 460 g/mol. The van der Waals surface area contributed by atoms with E-state index in [9.17, 15) is 9.59 Å². The van der Waals surface area contributed by atoms with Gasteiger partial charge in [-0.05, 0) is 47.4 Å². The Kier molecular flexibility index (Phi) is 6.70. The normalized spacial score (nSPS) is 11.0. The number of benzene rings is 3. The Morgan fingerprint density at radius 3 is 2.67 bits per heavy atom. The fourth-order valence-corrected chi connectivity index (χ4v) is 4.48. The number of nitrogens with zero attached hydrogens (tertiary/aromatic N) is 1. The highest BCUT2D eigenvalue weighted by molar-refractivity contribution is 7.18. The van der Waals surface area contributed by atoms with E-state index in [0.29, 0.717) is 10.9 Å². The van der Waals surface area contributed by atoms with Crippen molar-refractivity contribution in [1.82, 2.24) is 10.3 Å². The number of amides is 1.